The highest BCUT2D eigenvalue weighted by molar-refractivity contribution is 4.88. The normalized spacial score (nSPS) is 18.2. The molecule has 0 aromatic rings. The average molecular weight is 182 g/mol. The van der Waals surface area contributed by atoms with Gasteiger partial charge in [0.15, 0.2) is 0 Å². The Hall–Kier alpha value is -0.750. The second kappa shape index (κ2) is 3.77. The number of hydrogen-bond acceptors (Lipinski definition) is 3. The van der Waals surface area contributed by atoms with E-state index in [9.17, 15) is 13.2 Å². The first kappa shape index (κ1) is 9.34. The molecular weight excluding hydrogens is 173 g/mol. The molecule has 0 amide bonds. The first-order valence-electron chi connectivity index (χ1n) is 3.45. The van der Waals surface area contributed by atoms with Crippen LogP contribution < -0.4 is 5.43 Å². The van der Waals surface area contributed by atoms with Gasteiger partial charge in [0.1, 0.15) is 0 Å². The number of alkyl halides is 3. The number of halogens is 3. The zero-order valence-electron chi connectivity index (χ0n) is 6.27. The van der Waals surface area contributed by atoms with Crippen LogP contribution in [0.3, 0.4) is 0 Å². The van der Waals surface area contributed by atoms with E-state index in [1.165, 1.54) is 0 Å². The van der Waals surface area contributed by atoms with Crippen LogP contribution in [0, 0.1) is 0 Å². The molecule has 0 saturated heterocycles. The van der Waals surface area contributed by atoms with Crippen molar-refractivity contribution in [3.63, 3.8) is 0 Å². The Morgan fingerprint density at radius 2 is 2.25 bits per heavy atom. The SMILES string of the molecule is FC(F)(F)OCCN1CC=CN1. The fraction of sp³-hybridized carbons (Fsp3) is 0.667. The number of rotatable bonds is 3. The van der Waals surface area contributed by atoms with Crippen LogP contribution in [-0.2, 0) is 4.74 Å². The van der Waals surface area contributed by atoms with E-state index in [-0.39, 0.29) is 13.2 Å². The van der Waals surface area contributed by atoms with E-state index >= 15 is 0 Å². The van der Waals surface area contributed by atoms with E-state index in [1.807, 2.05) is 6.08 Å². The predicted octanol–water partition coefficient (Wildman–Crippen LogP) is 0.857. The van der Waals surface area contributed by atoms with Gasteiger partial charge in [0.05, 0.1) is 6.61 Å². The van der Waals surface area contributed by atoms with E-state index in [0.29, 0.717) is 6.54 Å². The summed E-state index contributed by atoms with van der Waals surface area (Å²) in [5, 5.41) is 1.62. The van der Waals surface area contributed by atoms with Crippen molar-refractivity contribution < 1.29 is 17.9 Å². The van der Waals surface area contributed by atoms with Crippen LogP contribution in [0.15, 0.2) is 12.3 Å². The molecule has 0 saturated carbocycles. The van der Waals surface area contributed by atoms with Crippen molar-refractivity contribution in [3.05, 3.63) is 12.3 Å². The van der Waals surface area contributed by atoms with Gasteiger partial charge in [0.2, 0.25) is 0 Å². The molecule has 0 atom stereocenters. The Morgan fingerprint density at radius 1 is 1.50 bits per heavy atom. The molecule has 0 aromatic carbocycles. The van der Waals surface area contributed by atoms with E-state index in [0.717, 1.165) is 0 Å². The quantitative estimate of drug-likeness (QED) is 0.700. The highest BCUT2D eigenvalue weighted by Crippen LogP contribution is 2.15. The molecule has 6 heteroatoms. The fourth-order valence-corrected chi connectivity index (χ4v) is 0.818. The standard InChI is InChI=1S/C6H9F3N2O/c7-6(8,9)12-5-4-11-3-1-2-10-11/h1-2,10H,3-5H2. The fourth-order valence-electron chi connectivity index (χ4n) is 0.818. The van der Waals surface area contributed by atoms with E-state index in [4.69, 9.17) is 0 Å². The molecule has 3 nitrogen and oxygen atoms in total. The number of hydrazine groups is 1. The van der Waals surface area contributed by atoms with Gasteiger partial charge in [-0.1, -0.05) is 6.08 Å². The molecule has 1 rings (SSSR count). The topological polar surface area (TPSA) is 24.5 Å². The molecule has 12 heavy (non-hydrogen) atoms. The van der Waals surface area contributed by atoms with Crippen LogP contribution in [0.4, 0.5) is 13.2 Å². The van der Waals surface area contributed by atoms with Gasteiger partial charge >= 0.3 is 6.36 Å². The molecule has 0 unspecified atom stereocenters. The Morgan fingerprint density at radius 3 is 2.75 bits per heavy atom. The van der Waals surface area contributed by atoms with Gasteiger partial charge in [-0.3, -0.25) is 4.74 Å². The van der Waals surface area contributed by atoms with Crippen LogP contribution in [0.5, 0.6) is 0 Å². The summed E-state index contributed by atoms with van der Waals surface area (Å²) >= 11 is 0. The van der Waals surface area contributed by atoms with Gasteiger partial charge in [-0.15, -0.1) is 13.2 Å². The molecule has 70 valence electrons. The number of hydrogen-bond donors (Lipinski definition) is 1. The zero-order chi connectivity index (χ0) is 9.03. The minimum Gasteiger partial charge on any atom is -0.326 e. The van der Waals surface area contributed by atoms with Crippen LogP contribution in [-0.4, -0.2) is 31.1 Å². The third-order valence-corrected chi connectivity index (χ3v) is 1.33. The van der Waals surface area contributed by atoms with Gasteiger partial charge in [0, 0.05) is 19.3 Å². The maximum Gasteiger partial charge on any atom is 0.522 e. The molecule has 0 spiro atoms. The molecule has 1 aliphatic heterocycles. The molecule has 0 aliphatic carbocycles. The minimum absolute atomic E-state index is 0.215. The summed E-state index contributed by atoms with van der Waals surface area (Å²) in [5.74, 6) is 0. The van der Waals surface area contributed by atoms with Gasteiger partial charge in [-0.25, -0.2) is 5.01 Å². The largest absolute Gasteiger partial charge is 0.522 e. The summed E-state index contributed by atoms with van der Waals surface area (Å²) in [4.78, 5) is 0. The lowest BCUT2D eigenvalue weighted by Crippen LogP contribution is -2.34. The summed E-state index contributed by atoms with van der Waals surface area (Å²) in [6.07, 6.45) is -1.03. The second-order valence-electron chi connectivity index (χ2n) is 2.27. The minimum atomic E-state index is -4.52. The number of nitrogens with zero attached hydrogens (tertiary/aromatic N) is 1. The molecule has 1 aliphatic rings. The Balaban J connectivity index is 2.03. The van der Waals surface area contributed by atoms with E-state index in [2.05, 4.69) is 10.2 Å². The Bertz CT molecular complexity index is 161. The monoisotopic (exact) mass is 182 g/mol. The van der Waals surface area contributed by atoms with Crippen molar-refractivity contribution in [1.29, 1.82) is 0 Å². The van der Waals surface area contributed by atoms with Crippen LogP contribution in [0.1, 0.15) is 0 Å². The average Bonchev–Trinajstić information content (AvgIpc) is 2.36. The molecule has 1 N–H and O–H groups in total. The second-order valence-corrected chi connectivity index (χ2v) is 2.27. The molecular formula is C6H9F3N2O. The first-order chi connectivity index (χ1) is 5.58. The Labute approximate surface area is 67.8 Å². The molecule has 1 heterocycles. The van der Waals surface area contributed by atoms with Gasteiger partial charge < -0.3 is 5.43 Å². The lowest BCUT2D eigenvalue weighted by atomic mass is 10.6. The van der Waals surface area contributed by atoms with Crippen molar-refractivity contribution in [3.8, 4) is 0 Å². The maximum absolute atomic E-state index is 11.5. The third kappa shape index (κ3) is 3.59. The lowest BCUT2D eigenvalue weighted by molar-refractivity contribution is -0.325. The van der Waals surface area contributed by atoms with Crippen molar-refractivity contribution in [2.24, 2.45) is 0 Å². The number of nitrogens with one attached hydrogen (secondary N) is 1. The van der Waals surface area contributed by atoms with Crippen molar-refractivity contribution in [2.45, 2.75) is 6.36 Å². The lowest BCUT2D eigenvalue weighted by Gasteiger charge is -2.15. The smallest absolute Gasteiger partial charge is 0.326 e. The molecule has 0 radical (unpaired) electrons. The van der Waals surface area contributed by atoms with Gasteiger partial charge in [-0.05, 0) is 0 Å². The summed E-state index contributed by atoms with van der Waals surface area (Å²) < 4.78 is 37.9. The third-order valence-electron chi connectivity index (χ3n) is 1.33. The summed E-state index contributed by atoms with van der Waals surface area (Å²) in [7, 11) is 0. The summed E-state index contributed by atoms with van der Waals surface area (Å²) in [5.41, 5.74) is 2.75. The van der Waals surface area contributed by atoms with Crippen molar-refractivity contribution in [2.75, 3.05) is 19.7 Å². The first-order valence-corrected chi connectivity index (χ1v) is 3.45. The molecule has 0 fully saturated rings. The van der Waals surface area contributed by atoms with Crippen LogP contribution in [0.2, 0.25) is 0 Å². The van der Waals surface area contributed by atoms with Gasteiger partial charge in [-0.2, -0.15) is 0 Å². The maximum atomic E-state index is 11.5. The highest BCUT2D eigenvalue weighted by Gasteiger charge is 2.28. The zero-order valence-corrected chi connectivity index (χ0v) is 6.27. The molecule has 0 bridgehead atoms. The Kier molecular flexibility index (Phi) is 2.93. The molecule has 0 aromatic heterocycles. The van der Waals surface area contributed by atoms with E-state index < -0.39 is 6.36 Å². The van der Waals surface area contributed by atoms with E-state index in [1.54, 1.807) is 11.2 Å². The summed E-state index contributed by atoms with van der Waals surface area (Å²) in [6, 6.07) is 0. The number of ether oxygens (including phenoxy) is 1. The predicted molar refractivity (Wildman–Crippen MR) is 35.9 cm³/mol. The van der Waals surface area contributed by atoms with Crippen LogP contribution in [0.25, 0.3) is 0 Å². The van der Waals surface area contributed by atoms with Crippen molar-refractivity contribution in [1.82, 2.24) is 10.4 Å². The van der Waals surface area contributed by atoms with Gasteiger partial charge in [0.25, 0.3) is 0 Å². The summed E-state index contributed by atoms with van der Waals surface area (Å²) in [6.45, 7) is 0.478. The van der Waals surface area contributed by atoms with Crippen LogP contribution >= 0.6 is 0 Å². The highest BCUT2D eigenvalue weighted by atomic mass is 19.4. The van der Waals surface area contributed by atoms with Crippen molar-refractivity contribution >= 4 is 0 Å².